The lowest BCUT2D eigenvalue weighted by Gasteiger charge is -2.28. The minimum atomic E-state index is -0.554. The van der Waals surface area contributed by atoms with Crippen LogP contribution in [-0.2, 0) is 16.1 Å². The maximum atomic E-state index is 12.8. The Hall–Kier alpha value is -1.50. The SMILES string of the molecule is CNC(=O)[C@@H](C)N(Cc1ccc(Br)cc1)C(=O)CSc1ccc(Cl)cc1. The maximum Gasteiger partial charge on any atom is 0.242 e. The van der Waals surface area contributed by atoms with Gasteiger partial charge >= 0.3 is 0 Å². The van der Waals surface area contributed by atoms with E-state index in [-0.39, 0.29) is 17.6 Å². The van der Waals surface area contributed by atoms with E-state index in [0.717, 1.165) is 14.9 Å². The van der Waals surface area contributed by atoms with Crippen molar-refractivity contribution >= 4 is 51.1 Å². The maximum absolute atomic E-state index is 12.8. The molecular formula is C19H20BrClN2O2S. The Balaban J connectivity index is 2.10. The summed E-state index contributed by atoms with van der Waals surface area (Å²) in [6.07, 6.45) is 0. The molecule has 0 radical (unpaired) electrons. The molecule has 1 atom stereocenters. The van der Waals surface area contributed by atoms with E-state index in [1.165, 1.54) is 11.8 Å². The minimum Gasteiger partial charge on any atom is -0.357 e. The standard InChI is InChI=1S/C19H20BrClN2O2S/c1-13(19(25)22-2)23(11-14-3-5-15(20)6-4-14)18(24)12-26-17-9-7-16(21)8-10-17/h3-10,13H,11-12H2,1-2H3,(H,22,25)/t13-/m1/s1. The van der Waals surface area contributed by atoms with Gasteiger partial charge in [-0.25, -0.2) is 0 Å². The van der Waals surface area contributed by atoms with E-state index in [2.05, 4.69) is 21.2 Å². The monoisotopic (exact) mass is 454 g/mol. The summed E-state index contributed by atoms with van der Waals surface area (Å²) in [7, 11) is 1.57. The third-order valence-corrected chi connectivity index (χ3v) is 5.63. The zero-order valence-electron chi connectivity index (χ0n) is 14.5. The van der Waals surface area contributed by atoms with Crippen LogP contribution >= 0.6 is 39.3 Å². The molecular weight excluding hydrogens is 436 g/mol. The lowest BCUT2D eigenvalue weighted by Crippen LogP contribution is -2.47. The average molecular weight is 456 g/mol. The molecule has 0 aliphatic rings. The van der Waals surface area contributed by atoms with Crippen molar-refractivity contribution in [3.05, 3.63) is 63.6 Å². The fraction of sp³-hybridized carbons (Fsp3) is 0.263. The van der Waals surface area contributed by atoms with Gasteiger partial charge in [-0.3, -0.25) is 9.59 Å². The topological polar surface area (TPSA) is 49.4 Å². The Morgan fingerprint density at radius 3 is 2.35 bits per heavy atom. The minimum absolute atomic E-state index is 0.0935. The lowest BCUT2D eigenvalue weighted by molar-refractivity contribution is -0.138. The molecule has 26 heavy (non-hydrogen) atoms. The molecule has 0 aromatic heterocycles. The Morgan fingerprint density at radius 2 is 1.77 bits per heavy atom. The molecule has 7 heteroatoms. The summed E-state index contributed by atoms with van der Waals surface area (Å²) >= 11 is 10.7. The quantitative estimate of drug-likeness (QED) is 0.631. The average Bonchev–Trinajstić information content (AvgIpc) is 2.65. The number of nitrogens with one attached hydrogen (secondary N) is 1. The molecule has 2 amide bonds. The first-order valence-corrected chi connectivity index (χ1v) is 10.2. The molecule has 0 saturated heterocycles. The van der Waals surface area contributed by atoms with Crippen LogP contribution in [0, 0.1) is 0 Å². The van der Waals surface area contributed by atoms with Crippen molar-refractivity contribution in [3.63, 3.8) is 0 Å². The van der Waals surface area contributed by atoms with Gasteiger partial charge in [-0.05, 0) is 48.9 Å². The molecule has 0 saturated carbocycles. The first kappa shape index (κ1) is 20.8. The highest BCUT2D eigenvalue weighted by Gasteiger charge is 2.25. The summed E-state index contributed by atoms with van der Waals surface area (Å²) in [5.74, 6) is -0.0321. The third kappa shape index (κ3) is 6.04. The van der Waals surface area contributed by atoms with Crippen LogP contribution in [-0.4, -0.2) is 35.6 Å². The third-order valence-electron chi connectivity index (χ3n) is 3.86. The molecule has 4 nitrogen and oxygen atoms in total. The molecule has 0 unspecified atom stereocenters. The van der Waals surface area contributed by atoms with Crippen LogP contribution in [0.4, 0.5) is 0 Å². The smallest absolute Gasteiger partial charge is 0.242 e. The molecule has 0 heterocycles. The summed E-state index contributed by atoms with van der Waals surface area (Å²) in [4.78, 5) is 27.4. The molecule has 2 aromatic carbocycles. The van der Waals surface area contributed by atoms with Gasteiger partial charge in [-0.1, -0.05) is 39.7 Å². The van der Waals surface area contributed by atoms with Gasteiger partial charge in [0.05, 0.1) is 5.75 Å². The first-order valence-electron chi connectivity index (χ1n) is 8.04. The summed E-state index contributed by atoms with van der Waals surface area (Å²) in [6.45, 7) is 2.12. The van der Waals surface area contributed by atoms with E-state index in [1.54, 1.807) is 31.0 Å². The number of thioether (sulfide) groups is 1. The molecule has 0 bridgehead atoms. The predicted octanol–water partition coefficient (Wildman–Crippen LogP) is 4.36. The second-order valence-corrected chi connectivity index (χ2v) is 8.08. The number of hydrogen-bond donors (Lipinski definition) is 1. The number of carbonyl (C=O) groups excluding carboxylic acids is 2. The van der Waals surface area contributed by atoms with Gasteiger partial charge in [-0.2, -0.15) is 0 Å². The molecule has 0 spiro atoms. The van der Waals surface area contributed by atoms with Gasteiger partial charge in [0.1, 0.15) is 6.04 Å². The van der Waals surface area contributed by atoms with E-state index in [9.17, 15) is 9.59 Å². The molecule has 0 fully saturated rings. The highest BCUT2D eigenvalue weighted by molar-refractivity contribution is 9.10. The predicted molar refractivity (Wildman–Crippen MR) is 110 cm³/mol. The number of hydrogen-bond acceptors (Lipinski definition) is 3. The largest absolute Gasteiger partial charge is 0.357 e. The highest BCUT2D eigenvalue weighted by atomic mass is 79.9. The second kappa shape index (κ2) is 10.00. The zero-order valence-corrected chi connectivity index (χ0v) is 17.7. The van der Waals surface area contributed by atoms with Gasteiger partial charge < -0.3 is 10.2 Å². The van der Waals surface area contributed by atoms with Crippen molar-refractivity contribution in [1.29, 1.82) is 0 Å². The summed E-state index contributed by atoms with van der Waals surface area (Å²) in [5, 5.41) is 3.27. The van der Waals surface area contributed by atoms with Crippen molar-refractivity contribution < 1.29 is 9.59 Å². The molecule has 2 rings (SSSR count). The van der Waals surface area contributed by atoms with Gasteiger partial charge in [0, 0.05) is 28.0 Å². The fourth-order valence-corrected chi connectivity index (χ4v) is 3.51. The zero-order chi connectivity index (χ0) is 19.1. The van der Waals surface area contributed by atoms with Crippen LogP contribution in [0.2, 0.25) is 5.02 Å². The highest BCUT2D eigenvalue weighted by Crippen LogP contribution is 2.22. The lowest BCUT2D eigenvalue weighted by atomic mass is 10.1. The van der Waals surface area contributed by atoms with Crippen molar-refractivity contribution in [3.8, 4) is 0 Å². The van der Waals surface area contributed by atoms with Gasteiger partial charge in [0.15, 0.2) is 0 Å². The van der Waals surface area contributed by atoms with Crippen LogP contribution < -0.4 is 5.32 Å². The van der Waals surface area contributed by atoms with Crippen molar-refractivity contribution in [2.75, 3.05) is 12.8 Å². The van der Waals surface area contributed by atoms with Crippen LogP contribution in [0.1, 0.15) is 12.5 Å². The molecule has 0 aliphatic carbocycles. The van der Waals surface area contributed by atoms with E-state index >= 15 is 0 Å². The normalized spacial score (nSPS) is 11.7. The Bertz CT molecular complexity index is 753. The molecule has 0 aliphatic heterocycles. The molecule has 1 N–H and O–H groups in total. The number of carbonyl (C=O) groups is 2. The van der Waals surface area contributed by atoms with Crippen molar-refractivity contribution in [1.82, 2.24) is 10.2 Å². The summed E-state index contributed by atoms with van der Waals surface area (Å²) in [5.41, 5.74) is 0.966. The fourth-order valence-electron chi connectivity index (χ4n) is 2.34. The van der Waals surface area contributed by atoms with Crippen molar-refractivity contribution in [2.24, 2.45) is 0 Å². The van der Waals surface area contributed by atoms with Crippen LogP contribution in [0.25, 0.3) is 0 Å². The number of benzene rings is 2. The van der Waals surface area contributed by atoms with E-state index in [0.29, 0.717) is 11.6 Å². The van der Waals surface area contributed by atoms with Crippen molar-refractivity contribution in [2.45, 2.75) is 24.4 Å². The second-order valence-electron chi connectivity index (χ2n) is 5.68. The van der Waals surface area contributed by atoms with Gasteiger partial charge in [0.25, 0.3) is 0 Å². The Labute approximate surface area is 171 Å². The van der Waals surface area contributed by atoms with E-state index in [1.807, 2.05) is 36.4 Å². The number of likely N-dealkylation sites (N-methyl/N-ethyl adjacent to an activating group) is 1. The Kier molecular flexibility index (Phi) is 8.00. The summed E-state index contributed by atoms with van der Waals surface area (Å²) in [6, 6.07) is 14.5. The Morgan fingerprint density at radius 1 is 1.15 bits per heavy atom. The van der Waals surface area contributed by atoms with E-state index < -0.39 is 6.04 Å². The van der Waals surface area contributed by atoms with E-state index in [4.69, 9.17) is 11.6 Å². The van der Waals surface area contributed by atoms with Crippen LogP contribution in [0.15, 0.2) is 57.9 Å². The van der Waals surface area contributed by atoms with Gasteiger partial charge in [-0.15, -0.1) is 11.8 Å². The molecule has 138 valence electrons. The van der Waals surface area contributed by atoms with Crippen LogP contribution in [0.3, 0.4) is 0 Å². The van der Waals surface area contributed by atoms with Crippen LogP contribution in [0.5, 0.6) is 0 Å². The molecule has 2 aromatic rings. The number of amides is 2. The first-order chi connectivity index (χ1) is 12.4. The number of halogens is 2. The number of nitrogens with zero attached hydrogens (tertiary/aromatic N) is 1. The number of rotatable bonds is 7. The summed E-state index contributed by atoms with van der Waals surface area (Å²) < 4.78 is 0.969. The van der Waals surface area contributed by atoms with Gasteiger partial charge in [0.2, 0.25) is 11.8 Å².